The lowest BCUT2D eigenvalue weighted by Gasteiger charge is -2.40. The molecule has 0 bridgehead atoms. The number of carbonyl (C=O) groups is 1. The molecule has 4 rings (SSSR count). The Balaban J connectivity index is 1.35. The number of piperidine rings is 1. The van der Waals surface area contributed by atoms with Gasteiger partial charge in [0.25, 0.3) is 0 Å². The van der Waals surface area contributed by atoms with Crippen LogP contribution in [0.5, 0.6) is 5.75 Å². The van der Waals surface area contributed by atoms with Gasteiger partial charge in [0, 0.05) is 27.1 Å². The summed E-state index contributed by atoms with van der Waals surface area (Å²) in [5.41, 5.74) is 2.40. The smallest absolute Gasteiger partial charge is 0.249 e. The monoisotopic (exact) mass is 577 g/mol. The van der Waals surface area contributed by atoms with Crippen molar-refractivity contribution in [2.45, 2.75) is 43.1 Å². The normalized spacial score (nSPS) is 16.3. The van der Waals surface area contributed by atoms with Gasteiger partial charge in [-0.3, -0.25) is 15.0 Å². The summed E-state index contributed by atoms with van der Waals surface area (Å²) >= 11 is 14.3. The molecule has 1 aliphatic rings. The molecule has 1 fully saturated rings. The number of likely N-dealkylation sites (tertiary alicyclic amines) is 1. The van der Waals surface area contributed by atoms with E-state index >= 15 is 0 Å². The summed E-state index contributed by atoms with van der Waals surface area (Å²) < 4.78 is 5.34. The van der Waals surface area contributed by atoms with Crippen molar-refractivity contribution in [2.24, 2.45) is 5.41 Å². The first kappa shape index (κ1) is 28.9. The molecule has 1 aromatic heterocycles. The number of thioether (sulfide) groups is 1. The molecule has 1 aliphatic heterocycles. The van der Waals surface area contributed by atoms with Gasteiger partial charge in [-0.2, -0.15) is 0 Å². The fourth-order valence-electron chi connectivity index (χ4n) is 5.14. The Hall–Kier alpha value is -2.07. The Bertz CT molecular complexity index is 1250. The number of hydroxylamine groups is 1. The van der Waals surface area contributed by atoms with E-state index < -0.39 is 17.4 Å². The van der Waals surface area contributed by atoms with Crippen LogP contribution in [0.2, 0.25) is 10.0 Å². The maximum Gasteiger partial charge on any atom is 0.249 e. The molecule has 0 aliphatic carbocycles. The number of nitrogens with one attached hydrogen (secondary N) is 1. The lowest BCUT2D eigenvalue weighted by Crippen LogP contribution is -2.48. The van der Waals surface area contributed by atoms with E-state index in [0.717, 1.165) is 47.1 Å². The van der Waals surface area contributed by atoms with Crippen LogP contribution in [0.4, 0.5) is 0 Å². The van der Waals surface area contributed by atoms with E-state index in [0.29, 0.717) is 47.5 Å². The van der Waals surface area contributed by atoms with Crippen LogP contribution in [0.3, 0.4) is 0 Å². The van der Waals surface area contributed by atoms with E-state index in [9.17, 15) is 15.1 Å². The lowest BCUT2D eigenvalue weighted by atomic mass is 9.73. The highest BCUT2D eigenvalue weighted by Gasteiger charge is 2.41. The molecule has 10 heteroatoms. The van der Waals surface area contributed by atoms with E-state index in [2.05, 4.69) is 16.0 Å². The van der Waals surface area contributed by atoms with Crippen LogP contribution >= 0.6 is 35.0 Å². The van der Waals surface area contributed by atoms with Crippen molar-refractivity contribution in [3.8, 4) is 5.75 Å². The molecule has 204 valence electrons. The van der Waals surface area contributed by atoms with Crippen LogP contribution in [0, 0.1) is 5.41 Å². The van der Waals surface area contributed by atoms with Crippen LogP contribution in [0.15, 0.2) is 53.6 Å². The summed E-state index contributed by atoms with van der Waals surface area (Å²) in [6, 6.07) is 13.3. The number of aliphatic hydroxyl groups excluding tert-OH is 1. The third kappa shape index (κ3) is 6.92. The Labute approximate surface area is 237 Å². The van der Waals surface area contributed by atoms with Crippen molar-refractivity contribution in [1.82, 2.24) is 15.4 Å². The molecule has 0 radical (unpaired) electrons. The van der Waals surface area contributed by atoms with E-state index in [4.69, 9.17) is 27.9 Å². The first-order valence-corrected chi connectivity index (χ1v) is 14.4. The van der Waals surface area contributed by atoms with E-state index in [1.54, 1.807) is 18.9 Å². The van der Waals surface area contributed by atoms with Crippen molar-refractivity contribution in [1.29, 1.82) is 0 Å². The molecule has 38 heavy (non-hydrogen) atoms. The second-order valence-electron chi connectivity index (χ2n) is 9.68. The standard InChI is InChI=1S/C28H33Cl2N3O4S/c1-37-20-6-7-24-22(17-20)26(23(30)18-31-24)25(34)8-9-28(27(35)32-36)10-13-33(14-11-28)12-3-15-38-21-5-2-4-19(29)16-21/h2,4-7,16-18,25,34,36H,3,8-15H2,1H3,(H,32,35). The zero-order valence-corrected chi connectivity index (χ0v) is 23.7. The molecule has 1 unspecified atom stereocenters. The quantitative estimate of drug-likeness (QED) is 0.109. The topological polar surface area (TPSA) is 94.9 Å². The van der Waals surface area contributed by atoms with Gasteiger partial charge in [0.15, 0.2) is 0 Å². The number of benzene rings is 2. The van der Waals surface area contributed by atoms with E-state index in [-0.39, 0.29) is 0 Å². The highest BCUT2D eigenvalue weighted by molar-refractivity contribution is 7.99. The fourth-order valence-corrected chi connectivity index (χ4v) is 6.57. The average Bonchev–Trinajstić information content (AvgIpc) is 2.94. The zero-order chi connectivity index (χ0) is 27.1. The number of hydrogen-bond donors (Lipinski definition) is 3. The van der Waals surface area contributed by atoms with Gasteiger partial charge in [-0.05, 0) is 93.9 Å². The van der Waals surface area contributed by atoms with Crippen molar-refractivity contribution < 1.29 is 19.8 Å². The van der Waals surface area contributed by atoms with Crippen LogP contribution in [-0.2, 0) is 4.79 Å². The number of hydrogen-bond acceptors (Lipinski definition) is 7. The largest absolute Gasteiger partial charge is 0.497 e. The summed E-state index contributed by atoms with van der Waals surface area (Å²) in [6.45, 7) is 2.44. The van der Waals surface area contributed by atoms with Gasteiger partial charge in [-0.15, -0.1) is 11.8 Å². The van der Waals surface area contributed by atoms with Crippen LogP contribution in [0.25, 0.3) is 10.9 Å². The number of carbonyl (C=O) groups excluding carboxylic acids is 1. The van der Waals surface area contributed by atoms with Crippen molar-refractivity contribution in [3.05, 3.63) is 64.3 Å². The number of aromatic nitrogens is 1. The van der Waals surface area contributed by atoms with Gasteiger partial charge >= 0.3 is 0 Å². The number of aliphatic hydroxyl groups is 1. The Kier molecular flexibility index (Phi) is 10.1. The molecule has 0 saturated carbocycles. The number of ether oxygens (including phenoxy) is 1. The molecule has 1 saturated heterocycles. The number of halogens is 2. The molecule has 2 aromatic carbocycles. The highest BCUT2D eigenvalue weighted by Crippen LogP contribution is 2.41. The van der Waals surface area contributed by atoms with Gasteiger partial charge in [-0.25, -0.2) is 5.48 Å². The van der Waals surface area contributed by atoms with Crippen LogP contribution in [-0.4, -0.2) is 58.6 Å². The Morgan fingerprint density at radius 3 is 2.74 bits per heavy atom. The maximum absolute atomic E-state index is 12.8. The van der Waals surface area contributed by atoms with Crippen LogP contribution in [0.1, 0.15) is 43.8 Å². The molecule has 7 nitrogen and oxygen atoms in total. The molecule has 3 aromatic rings. The number of fused-ring (bicyclic) bond motifs is 1. The van der Waals surface area contributed by atoms with Gasteiger partial charge in [0.05, 0.1) is 29.2 Å². The molecule has 2 heterocycles. The van der Waals surface area contributed by atoms with E-state index in [1.807, 2.05) is 41.9 Å². The van der Waals surface area contributed by atoms with Crippen molar-refractivity contribution in [3.63, 3.8) is 0 Å². The SMILES string of the molecule is COc1ccc2ncc(Cl)c(C(O)CCC3(C(=O)NO)CCN(CCCSc4cccc(Cl)c4)CC3)c2c1. The van der Waals surface area contributed by atoms with Crippen LogP contribution < -0.4 is 10.2 Å². The van der Waals surface area contributed by atoms with Gasteiger partial charge in [0.1, 0.15) is 5.75 Å². The van der Waals surface area contributed by atoms with Gasteiger partial charge in [0.2, 0.25) is 5.91 Å². The minimum Gasteiger partial charge on any atom is -0.497 e. The number of methoxy groups -OCH3 is 1. The first-order valence-electron chi connectivity index (χ1n) is 12.7. The van der Waals surface area contributed by atoms with Crippen molar-refractivity contribution >= 4 is 51.8 Å². The predicted octanol–water partition coefficient (Wildman–Crippen LogP) is 6.13. The average molecular weight is 579 g/mol. The highest BCUT2D eigenvalue weighted by atomic mass is 35.5. The van der Waals surface area contributed by atoms with Gasteiger partial charge in [-0.1, -0.05) is 29.3 Å². The Morgan fingerprint density at radius 1 is 1.24 bits per heavy atom. The summed E-state index contributed by atoms with van der Waals surface area (Å²) in [5, 5.41) is 22.5. The van der Waals surface area contributed by atoms with E-state index in [1.165, 1.54) is 6.20 Å². The molecule has 1 atom stereocenters. The molecule has 3 N–H and O–H groups in total. The summed E-state index contributed by atoms with van der Waals surface area (Å²) in [5.74, 6) is 1.23. The molecular formula is C28H33Cl2N3O4S. The zero-order valence-electron chi connectivity index (χ0n) is 21.3. The third-order valence-corrected chi connectivity index (χ3v) is 8.99. The molecule has 1 amide bonds. The predicted molar refractivity (Wildman–Crippen MR) is 152 cm³/mol. The number of amides is 1. The minimum atomic E-state index is -0.898. The van der Waals surface area contributed by atoms with Crippen molar-refractivity contribution in [2.75, 3.05) is 32.5 Å². The maximum atomic E-state index is 12.8. The molecular weight excluding hydrogens is 545 g/mol. The summed E-state index contributed by atoms with van der Waals surface area (Å²) in [6.07, 6.45) is 3.60. The second-order valence-corrected chi connectivity index (χ2v) is 11.7. The molecule has 0 spiro atoms. The minimum absolute atomic E-state index is 0.319. The number of nitrogens with zero attached hydrogens (tertiary/aromatic N) is 2. The summed E-state index contributed by atoms with van der Waals surface area (Å²) in [7, 11) is 1.58. The summed E-state index contributed by atoms with van der Waals surface area (Å²) in [4.78, 5) is 20.7. The fraction of sp³-hybridized carbons (Fsp3) is 0.429. The second kappa shape index (κ2) is 13.3. The lowest BCUT2D eigenvalue weighted by molar-refractivity contribution is -0.143. The van der Waals surface area contributed by atoms with Gasteiger partial charge < -0.3 is 14.7 Å². The Morgan fingerprint density at radius 2 is 2.03 bits per heavy atom. The first-order chi connectivity index (χ1) is 18.3. The number of rotatable bonds is 11. The third-order valence-electron chi connectivity index (χ3n) is 7.38. The number of pyridine rings is 1.